The van der Waals surface area contributed by atoms with Gasteiger partial charge in [0.05, 0.1) is 11.6 Å². The van der Waals surface area contributed by atoms with Crippen LogP contribution < -0.4 is 5.32 Å². The molecule has 2 aliphatic heterocycles. The highest BCUT2D eigenvalue weighted by Gasteiger charge is 2.39. The number of fused-ring (bicyclic) bond motifs is 1. The van der Waals surface area contributed by atoms with Crippen LogP contribution in [0.3, 0.4) is 0 Å². The number of nitrogens with one attached hydrogen (secondary N) is 1. The van der Waals surface area contributed by atoms with E-state index in [-0.39, 0.29) is 12.6 Å². The van der Waals surface area contributed by atoms with E-state index in [1.165, 1.54) is 14.8 Å². The first-order valence-electron chi connectivity index (χ1n) is 11.4. The molecule has 0 unspecified atom stereocenters. The van der Waals surface area contributed by atoms with Gasteiger partial charge in [0, 0.05) is 32.6 Å². The van der Waals surface area contributed by atoms with Crippen LogP contribution in [0.25, 0.3) is 0 Å². The summed E-state index contributed by atoms with van der Waals surface area (Å²) < 4.78 is 27.8. The standard InChI is InChI=1S/C24H28N4O4S/c29-23-22(15-18-5-2-1-3-6-18)25-24(30)28(23)17-26-11-13-27(14-12-26)33(31,32)21-10-9-19-7-4-8-20(19)16-21/h1-3,5-6,9-10,16,22H,4,7-8,11-15,17H2,(H,25,30)/t22-/m1/s1. The van der Waals surface area contributed by atoms with Crippen LogP contribution >= 0.6 is 0 Å². The first-order valence-corrected chi connectivity index (χ1v) is 12.9. The summed E-state index contributed by atoms with van der Waals surface area (Å²) in [5, 5.41) is 2.77. The minimum atomic E-state index is -3.55. The summed E-state index contributed by atoms with van der Waals surface area (Å²) >= 11 is 0. The van der Waals surface area contributed by atoms with Crippen molar-refractivity contribution in [2.24, 2.45) is 0 Å². The molecule has 5 rings (SSSR count). The highest BCUT2D eigenvalue weighted by atomic mass is 32.2. The van der Waals surface area contributed by atoms with Gasteiger partial charge in [0.25, 0.3) is 5.91 Å². The quantitative estimate of drug-likeness (QED) is 0.651. The van der Waals surface area contributed by atoms with Gasteiger partial charge in [-0.1, -0.05) is 36.4 Å². The molecule has 1 N–H and O–H groups in total. The minimum absolute atomic E-state index is 0.169. The number of sulfonamides is 1. The molecule has 0 saturated carbocycles. The number of carbonyl (C=O) groups is 2. The van der Waals surface area contributed by atoms with Gasteiger partial charge in [-0.3, -0.25) is 9.69 Å². The number of aryl methyl sites for hydroxylation is 2. The van der Waals surface area contributed by atoms with Gasteiger partial charge < -0.3 is 5.32 Å². The predicted molar refractivity (Wildman–Crippen MR) is 123 cm³/mol. The number of rotatable bonds is 6. The Balaban J connectivity index is 1.18. The molecular weight excluding hydrogens is 440 g/mol. The third-order valence-corrected chi connectivity index (χ3v) is 8.66. The van der Waals surface area contributed by atoms with Crippen LogP contribution in [0.2, 0.25) is 0 Å². The number of carbonyl (C=O) groups excluding carboxylic acids is 2. The number of piperazine rings is 1. The summed E-state index contributed by atoms with van der Waals surface area (Å²) in [6, 6.07) is 14.1. The average Bonchev–Trinajstić information content (AvgIpc) is 3.40. The zero-order chi connectivity index (χ0) is 23.0. The zero-order valence-electron chi connectivity index (χ0n) is 18.4. The van der Waals surface area contributed by atoms with Crippen LogP contribution in [-0.2, 0) is 34.1 Å². The molecule has 1 atom stereocenters. The van der Waals surface area contributed by atoms with E-state index < -0.39 is 22.1 Å². The summed E-state index contributed by atoms with van der Waals surface area (Å²) in [6.07, 6.45) is 3.48. The molecule has 0 aromatic heterocycles. The number of nitrogens with zero attached hydrogens (tertiary/aromatic N) is 3. The van der Waals surface area contributed by atoms with Crippen LogP contribution in [0.4, 0.5) is 4.79 Å². The number of imide groups is 1. The van der Waals surface area contributed by atoms with Crippen molar-refractivity contribution in [1.82, 2.24) is 19.4 Å². The van der Waals surface area contributed by atoms with Crippen LogP contribution in [0.1, 0.15) is 23.1 Å². The van der Waals surface area contributed by atoms with Crippen molar-refractivity contribution in [2.45, 2.75) is 36.6 Å². The highest BCUT2D eigenvalue weighted by molar-refractivity contribution is 7.89. The van der Waals surface area contributed by atoms with E-state index in [1.54, 1.807) is 6.07 Å². The topological polar surface area (TPSA) is 90.0 Å². The van der Waals surface area contributed by atoms with Crippen LogP contribution in [-0.4, -0.2) is 73.4 Å². The number of hydrogen-bond acceptors (Lipinski definition) is 5. The molecular formula is C24H28N4O4S. The molecule has 33 heavy (non-hydrogen) atoms. The number of urea groups is 1. The van der Waals surface area contributed by atoms with E-state index in [2.05, 4.69) is 5.32 Å². The molecule has 1 aliphatic carbocycles. The summed E-state index contributed by atoms with van der Waals surface area (Å²) in [6.45, 7) is 1.75. The molecule has 3 amide bonds. The third kappa shape index (κ3) is 4.40. The first-order chi connectivity index (χ1) is 15.9. The van der Waals surface area contributed by atoms with Gasteiger partial charge in [0.15, 0.2) is 0 Å². The van der Waals surface area contributed by atoms with Crippen LogP contribution in [0.15, 0.2) is 53.4 Å². The Labute approximate surface area is 194 Å². The van der Waals surface area contributed by atoms with Crippen molar-refractivity contribution in [2.75, 3.05) is 32.8 Å². The molecule has 8 nitrogen and oxygen atoms in total. The predicted octanol–water partition coefficient (Wildman–Crippen LogP) is 1.60. The number of benzene rings is 2. The van der Waals surface area contributed by atoms with Crippen molar-refractivity contribution in [1.29, 1.82) is 0 Å². The fourth-order valence-electron chi connectivity index (χ4n) is 4.87. The Morgan fingerprint density at radius 1 is 0.909 bits per heavy atom. The van der Waals surface area contributed by atoms with E-state index in [1.807, 2.05) is 47.4 Å². The summed E-state index contributed by atoms with van der Waals surface area (Å²) in [5.74, 6) is -0.239. The van der Waals surface area contributed by atoms with E-state index in [9.17, 15) is 18.0 Å². The Bertz CT molecular complexity index is 1160. The lowest BCUT2D eigenvalue weighted by atomic mass is 10.1. The Morgan fingerprint density at radius 2 is 1.64 bits per heavy atom. The molecule has 9 heteroatoms. The molecule has 0 spiro atoms. The highest BCUT2D eigenvalue weighted by Crippen LogP contribution is 2.27. The Kier molecular flexibility index (Phi) is 5.94. The van der Waals surface area contributed by atoms with Crippen molar-refractivity contribution in [3.63, 3.8) is 0 Å². The first kappa shape index (κ1) is 22.1. The van der Waals surface area contributed by atoms with Gasteiger partial charge in [-0.2, -0.15) is 4.31 Å². The van der Waals surface area contributed by atoms with Crippen LogP contribution in [0.5, 0.6) is 0 Å². The monoisotopic (exact) mass is 468 g/mol. The Hall–Kier alpha value is -2.75. The second-order valence-electron chi connectivity index (χ2n) is 8.91. The summed E-state index contributed by atoms with van der Waals surface area (Å²) in [7, 11) is -3.55. The van der Waals surface area contributed by atoms with Crippen LogP contribution in [0, 0.1) is 0 Å². The SMILES string of the molecule is O=C1N[C@H](Cc2ccccc2)C(=O)N1CN1CCN(S(=O)(=O)c2ccc3c(c2)CCC3)CC1. The second kappa shape index (κ2) is 8.89. The van der Waals surface area contributed by atoms with E-state index >= 15 is 0 Å². The molecule has 2 aromatic carbocycles. The minimum Gasteiger partial charge on any atom is -0.325 e. The van der Waals surface area contributed by atoms with E-state index in [4.69, 9.17) is 0 Å². The fourth-order valence-corrected chi connectivity index (χ4v) is 6.34. The van der Waals surface area contributed by atoms with Gasteiger partial charge >= 0.3 is 6.03 Å². The van der Waals surface area contributed by atoms with Gasteiger partial charge in [-0.05, 0) is 48.1 Å². The molecule has 2 fully saturated rings. The molecule has 174 valence electrons. The van der Waals surface area contributed by atoms with Crippen molar-refractivity contribution < 1.29 is 18.0 Å². The molecule has 0 radical (unpaired) electrons. The van der Waals surface area contributed by atoms with Gasteiger partial charge in [-0.25, -0.2) is 18.1 Å². The van der Waals surface area contributed by atoms with E-state index in [0.717, 1.165) is 30.4 Å². The van der Waals surface area contributed by atoms with Gasteiger partial charge in [0.1, 0.15) is 6.04 Å². The normalized spacial score (nSPS) is 21.9. The van der Waals surface area contributed by atoms with Crippen molar-refractivity contribution in [3.8, 4) is 0 Å². The smallest absolute Gasteiger partial charge is 0.325 e. The molecule has 2 heterocycles. The summed E-state index contributed by atoms with van der Waals surface area (Å²) in [4.78, 5) is 28.8. The molecule has 3 aliphatic rings. The molecule has 2 saturated heterocycles. The molecule has 0 bridgehead atoms. The van der Waals surface area contributed by atoms with Gasteiger partial charge in [-0.15, -0.1) is 0 Å². The number of amides is 3. The maximum absolute atomic E-state index is 13.1. The fraction of sp³-hybridized carbons (Fsp3) is 0.417. The second-order valence-corrected chi connectivity index (χ2v) is 10.8. The largest absolute Gasteiger partial charge is 0.325 e. The van der Waals surface area contributed by atoms with Crippen molar-refractivity contribution in [3.05, 3.63) is 65.2 Å². The maximum Gasteiger partial charge on any atom is 0.325 e. The third-order valence-electron chi connectivity index (χ3n) is 6.77. The maximum atomic E-state index is 13.1. The lowest BCUT2D eigenvalue weighted by Crippen LogP contribution is -2.52. The lowest BCUT2D eigenvalue weighted by Gasteiger charge is -2.35. The average molecular weight is 469 g/mol. The Morgan fingerprint density at radius 3 is 2.39 bits per heavy atom. The zero-order valence-corrected chi connectivity index (χ0v) is 19.3. The molecule has 2 aromatic rings. The van der Waals surface area contributed by atoms with E-state index in [0.29, 0.717) is 37.5 Å². The van der Waals surface area contributed by atoms with Gasteiger partial charge in [0.2, 0.25) is 10.0 Å². The van der Waals surface area contributed by atoms with Crippen molar-refractivity contribution >= 4 is 22.0 Å². The summed E-state index contributed by atoms with van der Waals surface area (Å²) in [5.41, 5.74) is 3.37. The number of hydrogen-bond donors (Lipinski definition) is 1. The lowest BCUT2D eigenvalue weighted by molar-refractivity contribution is -0.129.